The summed E-state index contributed by atoms with van der Waals surface area (Å²) in [5.74, 6) is -5.80. The summed E-state index contributed by atoms with van der Waals surface area (Å²) in [6, 6.07) is 1.52. The van der Waals surface area contributed by atoms with Gasteiger partial charge in [0.05, 0.1) is 11.8 Å². The van der Waals surface area contributed by atoms with E-state index in [4.69, 9.17) is 5.11 Å². The van der Waals surface area contributed by atoms with Gasteiger partial charge in [0.25, 0.3) is 5.91 Å². The summed E-state index contributed by atoms with van der Waals surface area (Å²) < 4.78 is 41.1. The second-order valence-corrected chi connectivity index (χ2v) is 6.05. The van der Waals surface area contributed by atoms with Crippen molar-refractivity contribution in [2.45, 2.75) is 19.6 Å². The van der Waals surface area contributed by atoms with Gasteiger partial charge in [-0.25, -0.2) is 0 Å². The fourth-order valence-corrected chi connectivity index (χ4v) is 3.09. The molecule has 122 valence electrons. The summed E-state index contributed by atoms with van der Waals surface area (Å²) in [5.41, 5.74) is 0.237. The smallest absolute Gasteiger partial charge is 0.394 e. The number of carbonyl (C=O) groups is 2. The summed E-state index contributed by atoms with van der Waals surface area (Å²) in [6.07, 6.45) is -3.00. The molecule has 1 aromatic heterocycles. The molecule has 2 atom stereocenters. The Kier molecular flexibility index (Phi) is 4.55. The van der Waals surface area contributed by atoms with Crippen LogP contribution in [-0.2, 0) is 11.3 Å². The Morgan fingerprint density at radius 3 is 2.50 bits per heavy atom. The molecule has 22 heavy (non-hydrogen) atoms. The molecule has 1 saturated heterocycles. The molecule has 9 heteroatoms. The van der Waals surface area contributed by atoms with Gasteiger partial charge in [0.15, 0.2) is 0 Å². The molecule has 1 aliphatic rings. The highest BCUT2D eigenvalue weighted by molar-refractivity contribution is 9.10. The molecule has 1 aliphatic heterocycles. The standard InChI is InChI=1S/C13H14BrF3N2O3/c1-2-18-4-7(14)3-10(18)11(20)19-5-8(12(21)22)9(6-19)13(15,16)17/h3-4,8-9H,2,5-6H2,1H3,(H,21,22)/t8-,9-/m1/s1. The second kappa shape index (κ2) is 5.94. The number of carboxylic acids is 1. The van der Waals surface area contributed by atoms with E-state index in [1.165, 1.54) is 6.07 Å². The second-order valence-electron chi connectivity index (χ2n) is 5.13. The first-order valence-corrected chi connectivity index (χ1v) is 7.39. The van der Waals surface area contributed by atoms with E-state index in [9.17, 15) is 22.8 Å². The van der Waals surface area contributed by atoms with E-state index in [0.29, 0.717) is 11.0 Å². The average molecular weight is 383 g/mol. The van der Waals surface area contributed by atoms with E-state index in [0.717, 1.165) is 4.90 Å². The molecule has 0 bridgehead atoms. The number of aromatic nitrogens is 1. The number of nitrogens with zero attached hydrogens (tertiary/aromatic N) is 2. The summed E-state index contributed by atoms with van der Waals surface area (Å²) in [5, 5.41) is 8.97. The molecule has 0 aromatic carbocycles. The molecular weight excluding hydrogens is 369 g/mol. The molecule has 5 nitrogen and oxygen atoms in total. The number of alkyl halides is 3. The van der Waals surface area contributed by atoms with E-state index >= 15 is 0 Å². The van der Waals surface area contributed by atoms with Gasteiger partial charge < -0.3 is 14.6 Å². The van der Waals surface area contributed by atoms with Gasteiger partial charge in [-0.1, -0.05) is 0 Å². The number of carboxylic acid groups (broad SMARTS) is 1. The monoisotopic (exact) mass is 382 g/mol. The van der Waals surface area contributed by atoms with Crippen LogP contribution in [-0.4, -0.2) is 45.7 Å². The van der Waals surface area contributed by atoms with E-state index in [2.05, 4.69) is 15.9 Å². The van der Waals surface area contributed by atoms with Crippen LogP contribution in [0.25, 0.3) is 0 Å². The summed E-state index contributed by atoms with van der Waals surface area (Å²) in [4.78, 5) is 24.4. The molecule has 0 spiro atoms. The zero-order valence-corrected chi connectivity index (χ0v) is 13.2. The minimum absolute atomic E-state index is 0.237. The summed E-state index contributed by atoms with van der Waals surface area (Å²) >= 11 is 3.21. The number of aliphatic carboxylic acids is 1. The third-order valence-corrected chi connectivity index (χ3v) is 4.20. The Morgan fingerprint density at radius 1 is 1.41 bits per heavy atom. The molecule has 2 heterocycles. The lowest BCUT2D eigenvalue weighted by Gasteiger charge is -2.18. The van der Waals surface area contributed by atoms with E-state index in [-0.39, 0.29) is 5.69 Å². The van der Waals surface area contributed by atoms with Gasteiger partial charge in [-0.3, -0.25) is 9.59 Å². The Balaban J connectivity index is 2.26. The van der Waals surface area contributed by atoms with Crippen molar-refractivity contribution in [2.75, 3.05) is 13.1 Å². The van der Waals surface area contributed by atoms with Crippen molar-refractivity contribution in [3.8, 4) is 0 Å². The van der Waals surface area contributed by atoms with Crippen LogP contribution >= 0.6 is 15.9 Å². The number of rotatable bonds is 3. The first kappa shape index (κ1) is 16.9. The SMILES string of the molecule is CCn1cc(Br)cc1C(=O)N1C[C@@H](C(F)(F)F)[C@H](C(=O)O)C1. The maximum absolute atomic E-state index is 12.9. The van der Waals surface area contributed by atoms with Crippen LogP contribution in [0.15, 0.2) is 16.7 Å². The van der Waals surface area contributed by atoms with Crippen LogP contribution in [0.2, 0.25) is 0 Å². The molecule has 1 N–H and O–H groups in total. The predicted octanol–water partition coefficient (Wildman–Crippen LogP) is 2.61. The maximum Gasteiger partial charge on any atom is 0.394 e. The molecule has 0 aliphatic carbocycles. The number of hydrogen-bond acceptors (Lipinski definition) is 2. The quantitative estimate of drug-likeness (QED) is 0.873. The third kappa shape index (κ3) is 3.13. The molecule has 1 fully saturated rings. The fraction of sp³-hybridized carbons (Fsp3) is 0.538. The normalized spacial score (nSPS) is 22.1. The van der Waals surface area contributed by atoms with Gasteiger partial charge in [-0.2, -0.15) is 13.2 Å². The lowest BCUT2D eigenvalue weighted by molar-refractivity contribution is -0.187. The van der Waals surface area contributed by atoms with Crippen molar-refractivity contribution in [3.05, 3.63) is 22.4 Å². The zero-order valence-electron chi connectivity index (χ0n) is 11.6. The average Bonchev–Trinajstić information content (AvgIpc) is 3.00. The number of hydrogen-bond donors (Lipinski definition) is 1. The van der Waals surface area contributed by atoms with Crippen LogP contribution in [0.4, 0.5) is 13.2 Å². The number of halogens is 4. The highest BCUT2D eigenvalue weighted by Crippen LogP contribution is 2.38. The van der Waals surface area contributed by atoms with Crippen LogP contribution in [0.1, 0.15) is 17.4 Å². The van der Waals surface area contributed by atoms with Gasteiger partial charge >= 0.3 is 12.1 Å². The third-order valence-electron chi connectivity index (χ3n) is 3.77. The molecule has 0 saturated carbocycles. The number of amides is 1. The van der Waals surface area contributed by atoms with Gasteiger partial charge in [0.1, 0.15) is 5.69 Å². The van der Waals surface area contributed by atoms with Crippen molar-refractivity contribution in [2.24, 2.45) is 11.8 Å². The molecule has 0 radical (unpaired) electrons. The van der Waals surface area contributed by atoms with Crippen molar-refractivity contribution in [1.82, 2.24) is 9.47 Å². The Labute approximate surface area is 132 Å². The van der Waals surface area contributed by atoms with Crippen molar-refractivity contribution in [1.29, 1.82) is 0 Å². The molecular formula is C13H14BrF3N2O3. The number of likely N-dealkylation sites (tertiary alicyclic amines) is 1. The van der Waals surface area contributed by atoms with Crippen molar-refractivity contribution >= 4 is 27.8 Å². The molecule has 2 rings (SSSR count). The minimum atomic E-state index is -4.65. The van der Waals surface area contributed by atoms with Crippen LogP contribution in [0.3, 0.4) is 0 Å². The van der Waals surface area contributed by atoms with E-state index in [1.54, 1.807) is 17.7 Å². The topological polar surface area (TPSA) is 62.5 Å². The van der Waals surface area contributed by atoms with Crippen molar-refractivity contribution < 1.29 is 27.9 Å². The highest BCUT2D eigenvalue weighted by Gasteiger charge is 2.53. The predicted molar refractivity (Wildman–Crippen MR) is 74.4 cm³/mol. The Bertz CT molecular complexity index is 600. The van der Waals surface area contributed by atoms with Gasteiger partial charge in [-0.15, -0.1) is 0 Å². The van der Waals surface area contributed by atoms with Gasteiger partial charge in [-0.05, 0) is 28.9 Å². The minimum Gasteiger partial charge on any atom is -0.481 e. The largest absolute Gasteiger partial charge is 0.481 e. The molecule has 1 amide bonds. The van der Waals surface area contributed by atoms with Gasteiger partial charge in [0.2, 0.25) is 0 Å². The number of aryl methyl sites for hydroxylation is 1. The fourth-order valence-electron chi connectivity index (χ4n) is 2.63. The van der Waals surface area contributed by atoms with E-state index < -0.39 is 43.0 Å². The summed E-state index contributed by atoms with van der Waals surface area (Å²) in [6.45, 7) is 1.20. The molecule has 0 unspecified atom stereocenters. The summed E-state index contributed by atoms with van der Waals surface area (Å²) in [7, 11) is 0. The zero-order chi connectivity index (χ0) is 16.7. The van der Waals surface area contributed by atoms with Crippen molar-refractivity contribution in [3.63, 3.8) is 0 Å². The first-order chi connectivity index (χ1) is 10.1. The van der Waals surface area contributed by atoms with Crippen LogP contribution in [0.5, 0.6) is 0 Å². The lowest BCUT2D eigenvalue weighted by Crippen LogP contribution is -2.34. The van der Waals surface area contributed by atoms with Crippen LogP contribution < -0.4 is 0 Å². The van der Waals surface area contributed by atoms with E-state index in [1.807, 2.05) is 0 Å². The van der Waals surface area contributed by atoms with Gasteiger partial charge in [0, 0.05) is 30.3 Å². The Hall–Kier alpha value is -1.51. The maximum atomic E-state index is 12.9. The lowest BCUT2D eigenvalue weighted by atomic mass is 9.96. The molecule has 1 aromatic rings. The van der Waals surface area contributed by atoms with Crippen LogP contribution in [0, 0.1) is 11.8 Å². The Morgan fingerprint density at radius 2 is 2.05 bits per heavy atom. The number of carbonyl (C=O) groups excluding carboxylic acids is 1. The first-order valence-electron chi connectivity index (χ1n) is 6.59. The highest BCUT2D eigenvalue weighted by atomic mass is 79.9.